The van der Waals surface area contributed by atoms with Crippen molar-refractivity contribution < 1.29 is 4.79 Å². The first kappa shape index (κ1) is 22.8. The van der Waals surface area contributed by atoms with Crippen LogP contribution in [0, 0.1) is 0 Å². The van der Waals surface area contributed by atoms with Gasteiger partial charge in [-0.25, -0.2) is 4.68 Å². The molecule has 37 heavy (non-hydrogen) atoms. The van der Waals surface area contributed by atoms with Crippen molar-refractivity contribution in [3.05, 3.63) is 132 Å². The fourth-order valence-corrected chi connectivity index (χ4v) is 4.88. The Labute approximate surface area is 219 Å². The zero-order valence-corrected chi connectivity index (χ0v) is 20.6. The van der Waals surface area contributed by atoms with Gasteiger partial charge in [-0.15, -0.1) is 0 Å². The van der Waals surface area contributed by atoms with Gasteiger partial charge in [0.05, 0.1) is 22.0 Å². The summed E-state index contributed by atoms with van der Waals surface area (Å²) in [5.74, 6) is 0.566. The van der Waals surface area contributed by atoms with E-state index in [0.717, 1.165) is 56.1 Å². The topological polar surface area (TPSA) is 59.3 Å². The number of nitrogens with one attached hydrogen (secondary N) is 1. The number of rotatable bonds is 5. The summed E-state index contributed by atoms with van der Waals surface area (Å²) < 4.78 is 1.98. The lowest BCUT2D eigenvalue weighted by atomic mass is 10.1. The Hall–Kier alpha value is -4.68. The number of carbonyl (C=O) groups excluding carboxylic acids is 1. The van der Waals surface area contributed by atoms with Gasteiger partial charge in [0, 0.05) is 16.8 Å². The molecule has 6 rings (SSSR count). The van der Waals surface area contributed by atoms with Crippen molar-refractivity contribution in [2.24, 2.45) is 4.99 Å². The van der Waals surface area contributed by atoms with Crippen LogP contribution in [-0.4, -0.2) is 20.9 Å². The molecule has 0 radical (unpaired) electrons. The fraction of sp³-hybridized carbons (Fsp3) is 0. The van der Waals surface area contributed by atoms with Crippen LogP contribution in [0.2, 0.25) is 0 Å². The smallest absolute Gasteiger partial charge is 0.311 e. The summed E-state index contributed by atoms with van der Waals surface area (Å²) in [7, 11) is 0. The average Bonchev–Trinajstić information content (AvgIpc) is 3.54. The van der Waals surface area contributed by atoms with Crippen molar-refractivity contribution in [3.8, 4) is 28.2 Å². The molecule has 1 N–H and O–H groups in total. The number of nitrogens with zero attached hydrogens (tertiary/aromatic N) is 3. The highest BCUT2D eigenvalue weighted by Gasteiger charge is 2.22. The van der Waals surface area contributed by atoms with Crippen LogP contribution < -0.4 is 5.32 Å². The minimum atomic E-state index is -0.223. The van der Waals surface area contributed by atoms with Gasteiger partial charge in [0.2, 0.25) is 0 Å². The molecule has 0 saturated heterocycles. The van der Waals surface area contributed by atoms with Crippen LogP contribution in [0.3, 0.4) is 0 Å². The summed E-state index contributed by atoms with van der Waals surface area (Å²) in [5, 5.41) is 7.98. The summed E-state index contributed by atoms with van der Waals surface area (Å²) in [6.45, 7) is 0. The third-order valence-corrected chi connectivity index (χ3v) is 6.75. The molecule has 6 heteroatoms. The molecule has 1 amide bonds. The largest absolute Gasteiger partial charge is 0.339 e. The lowest BCUT2D eigenvalue weighted by molar-refractivity contribution is 0.268. The van der Waals surface area contributed by atoms with Crippen LogP contribution in [0.1, 0.15) is 5.56 Å². The molecule has 1 aromatic heterocycles. The Bertz CT molecular complexity index is 1610. The van der Waals surface area contributed by atoms with E-state index >= 15 is 0 Å². The van der Waals surface area contributed by atoms with E-state index in [1.165, 1.54) is 0 Å². The van der Waals surface area contributed by atoms with Gasteiger partial charge in [0.25, 0.3) is 0 Å². The number of benzene rings is 4. The molecule has 5 nitrogen and oxygen atoms in total. The first-order valence-electron chi connectivity index (χ1n) is 11.9. The Kier molecular flexibility index (Phi) is 6.23. The molecule has 0 fully saturated rings. The molecule has 1 aliphatic heterocycles. The maximum atomic E-state index is 12.1. The van der Waals surface area contributed by atoms with Gasteiger partial charge in [0.15, 0.2) is 0 Å². The molecule has 178 valence electrons. The van der Waals surface area contributed by atoms with Crippen LogP contribution >= 0.6 is 11.8 Å². The van der Waals surface area contributed by atoms with Gasteiger partial charge >= 0.3 is 5.24 Å². The quantitative estimate of drug-likeness (QED) is 0.267. The molecule has 0 aliphatic carbocycles. The summed E-state index contributed by atoms with van der Waals surface area (Å²) >= 11 is 1.13. The van der Waals surface area contributed by atoms with Gasteiger partial charge in [-0.2, -0.15) is 10.1 Å². The Morgan fingerprint density at radius 3 is 2.03 bits per heavy atom. The highest BCUT2D eigenvalue weighted by atomic mass is 32.2. The van der Waals surface area contributed by atoms with Crippen molar-refractivity contribution >= 4 is 34.6 Å². The van der Waals surface area contributed by atoms with Gasteiger partial charge < -0.3 is 5.32 Å². The second-order valence-corrected chi connectivity index (χ2v) is 9.47. The van der Waals surface area contributed by atoms with Crippen LogP contribution in [-0.2, 0) is 0 Å². The van der Waals surface area contributed by atoms with E-state index in [1.807, 2.05) is 102 Å². The molecule has 2 heterocycles. The molecular formula is C31H22N4OS. The highest BCUT2D eigenvalue weighted by molar-refractivity contribution is 8.18. The van der Waals surface area contributed by atoms with Gasteiger partial charge in [0.1, 0.15) is 5.84 Å². The molecule has 0 bridgehead atoms. The molecule has 0 spiro atoms. The van der Waals surface area contributed by atoms with Gasteiger partial charge in [-0.1, -0.05) is 91.0 Å². The molecule has 5 aromatic rings. The zero-order valence-electron chi connectivity index (χ0n) is 19.8. The molecule has 1 aliphatic rings. The first-order chi connectivity index (χ1) is 18.2. The molecular weight excluding hydrogens is 476 g/mol. The van der Waals surface area contributed by atoms with E-state index in [1.54, 1.807) is 0 Å². The normalized spacial score (nSPS) is 14.1. The summed E-state index contributed by atoms with van der Waals surface area (Å²) in [6, 6.07) is 40.5. The number of anilines is 1. The molecule has 4 aromatic carbocycles. The number of carbonyl (C=O) groups is 1. The van der Waals surface area contributed by atoms with Crippen molar-refractivity contribution in [2.75, 3.05) is 5.32 Å². The van der Waals surface area contributed by atoms with E-state index in [2.05, 4.69) is 40.6 Å². The van der Waals surface area contributed by atoms with Gasteiger partial charge in [-0.05, 0) is 53.7 Å². The number of para-hydroxylation sites is 1. The van der Waals surface area contributed by atoms with E-state index in [9.17, 15) is 4.79 Å². The van der Waals surface area contributed by atoms with Crippen molar-refractivity contribution in [1.29, 1.82) is 0 Å². The number of aromatic nitrogens is 2. The van der Waals surface area contributed by atoms with Crippen LogP contribution in [0.5, 0.6) is 0 Å². The SMILES string of the molecule is O=C1N=C(Nc2ccccc2)/C(=C/c2ccc(-n3nc(-c4ccccc4)cc3-c3ccccc3)cc2)S1. The Morgan fingerprint density at radius 1 is 0.730 bits per heavy atom. The van der Waals surface area contributed by atoms with Crippen LogP contribution in [0.25, 0.3) is 34.3 Å². The summed E-state index contributed by atoms with van der Waals surface area (Å²) in [6.07, 6.45) is 1.98. The lowest BCUT2D eigenvalue weighted by Gasteiger charge is -2.09. The molecule has 0 saturated carbocycles. The predicted molar refractivity (Wildman–Crippen MR) is 153 cm³/mol. The number of aliphatic imine (C=N–C) groups is 1. The van der Waals surface area contributed by atoms with Crippen molar-refractivity contribution in [1.82, 2.24) is 9.78 Å². The second kappa shape index (κ2) is 10.1. The maximum absolute atomic E-state index is 12.1. The first-order valence-corrected chi connectivity index (χ1v) is 12.7. The summed E-state index contributed by atoms with van der Waals surface area (Å²) in [5.41, 5.74) is 6.91. The lowest BCUT2D eigenvalue weighted by Crippen LogP contribution is -2.10. The second-order valence-electron chi connectivity index (χ2n) is 8.48. The third kappa shape index (κ3) is 5.01. The fourth-order valence-electron chi connectivity index (χ4n) is 4.16. The number of amides is 1. The zero-order chi connectivity index (χ0) is 25.0. The average molecular weight is 499 g/mol. The number of amidine groups is 1. The predicted octanol–water partition coefficient (Wildman–Crippen LogP) is 7.92. The Morgan fingerprint density at radius 2 is 1.35 bits per heavy atom. The third-order valence-electron chi connectivity index (χ3n) is 5.95. The molecule has 0 atom stereocenters. The number of hydrogen-bond acceptors (Lipinski definition) is 4. The standard InChI is InChI=1S/C31H22N4OS/c36-31-33-30(32-25-14-8-3-9-15-25)29(37-31)20-22-16-18-26(19-17-22)35-28(24-12-6-2-7-13-24)21-27(34-35)23-10-4-1-5-11-23/h1-21H,(H,32,33,36)/b29-20-. The van der Waals surface area contributed by atoms with Gasteiger partial charge in [-0.3, -0.25) is 4.79 Å². The van der Waals surface area contributed by atoms with E-state index in [0.29, 0.717) is 5.84 Å². The minimum Gasteiger partial charge on any atom is -0.339 e. The molecule has 0 unspecified atom stereocenters. The van der Waals surface area contributed by atoms with E-state index in [-0.39, 0.29) is 5.24 Å². The van der Waals surface area contributed by atoms with E-state index in [4.69, 9.17) is 5.10 Å². The van der Waals surface area contributed by atoms with Crippen LogP contribution in [0.4, 0.5) is 10.5 Å². The van der Waals surface area contributed by atoms with Crippen LogP contribution in [0.15, 0.2) is 131 Å². The maximum Gasteiger partial charge on any atom is 0.311 e. The summed E-state index contributed by atoms with van der Waals surface area (Å²) in [4.78, 5) is 17.0. The number of hydrogen-bond donors (Lipinski definition) is 1. The minimum absolute atomic E-state index is 0.223. The highest BCUT2D eigenvalue weighted by Crippen LogP contribution is 2.31. The monoisotopic (exact) mass is 498 g/mol. The van der Waals surface area contributed by atoms with Crippen molar-refractivity contribution in [2.45, 2.75) is 0 Å². The van der Waals surface area contributed by atoms with E-state index < -0.39 is 0 Å². The van der Waals surface area contributed by atoms with Crippen molar-refractivity contribution in [3.63, 3.8) is 0 Å². The number of thioether (sulfide) groups is 1. The Balaban J connectivity index is 1.32.